The summed E-state index contributed by atoms with van der Waals surface area (Å²) in [6.45, 7) is 4.07. The number of aliphatic hydroxyl groups excluding tert-OH is 1. The number of benzene rings is 1. The van der Waals surface area contributed by atoms with E-state index >= 15 is 0 Å². The van der Waals surface area contributed by atoms with Crippen molar-refractivity contribution in [2.24, 2.45) is 5.92 Å². The minimum atomic E-state index is -0.438. The number of ether oxygens (including phenoxy) is 2. The van der Waals surface area contributed by atoms with Gasteiger partial charge in [-0.1, -0.05) is 31.9 Å². The molecular formula is C19H28O4. The summed E-state index contributed by atoms with van der Waals surface area (Å²) in [4.78, 5) is 11.2. The van der Waals surface area contributed by atoms with Crippen molar-refractivity contribution < 1.29 is 19.4 Å². The molecule has 1 aromatic rings. The molecule has 0 saturated heterocycles. The van der Waals surface area contributed by atoms with E-state index in [0.717, 1.165) is 49.8 Å². The third kappa shape index (κ3) is 5.54. The maximum atomic E-state index is 11.2. The van der Waals surface area contributed by atoms with Crippen LogP contribution in [0, 0.1) is 5.92 Å². The van der Waals surface area contributed by atoms with Crippen molar-refractivity contribution in [3.8, 4) is 5.75 Å². The molecule has 0 aliphatic heterocycles. The molecule has 1 aromatic carbocycles. The second-order valence-corrected chi connectivity index (χ2v) is 6.38. The minimum absolute atomic E-state index is 0.0323. The number of carbonyl (C=O) groups excluding carboxylic acids is 1. The van der Waals surface area contributed by atoms with Gasteiger partial charge in [-0.2, -0.15) is 0 Å². The second kappa shape index (κ2) is 8.92. The van der Waals surface area contributed by atoms with Crippen LogP contribution in [-0.2, 0) is 9.53 Å². The summed E-state index contributed by atoms with van der Waals surface area (Å²) in [5, 5.41) is 10.1. The second-order valence-electron chi connectivity index (χ2n) is 6.38. The summed E-state index contributed by atoms with van der Waals surface area (Å²) < 4.78 is 11.4. The Labute approximate surface area is 138 Å². The van der Waals surface area contributed by atoms with E-state index in [0.29, 0.717) is 6.61 Å². The number of carbonyl (C=O) groups is 1. The molecule has 2 rings (SSSR count). The normalized spacial score (nSPS) is 22.4. The van der Waals surface area contributed by atoms with Gasteiger partial charge in [-0.25, -0.2) is 0 Å². The molecule has 1 saturated carbocycles. The van der Waals surface area contributed by atoms with Crippen LogP contribution in [0.5, 0.6) is 5.75 Å². The van der Waals surface area contributed by atoms with E-state index in [1.54, 1.807) is 0 Å². The summed E-state index contributed by atoms with van der Waals surface area (Å²) in [7, 11) is 0. The zero-order chi connectivity index (χ0) is 16.7. The van der Waals surface area contributed by atoms with Crippen molar-refractivity contribution >= 4 is 5.97 Å². The van der Waals surface area contributed by atoms with Gasteiger partial charge in [0.05, 0.1) is 12.7 Å². The summed E-state index contributed by atoms with van der Waals surface area (Å²) in [5.74, 6) is 0.799. The topological polar surface area (TPSA) is 55.8 Å². The van der Waals surface area contributed by atoms with E-state index in [2.05, 4.69) is 6.92 Å². The molecule has 1 N–H and O–H groups in total. The van der Waals surface area contributed by atoms with Crippen molar-refractivity contribution in [1.82, 2.24) is 0 Å². The van der Waals surface area contributed by atoms with Crippen molar-refractivity contribution in [1.29, 1.82) is 0 Å². The summed E-state index contributed by atoms with van der Waals surface area (Å²) >= 11 is 0. The first kappa shape index (κ1) is 17.8. The molecule has 0 amide bonds. The molecule has 4 nitrogen and oxygen atoms in total. The largest absolute Gasteiger partial charge is 0.493 e. The van der Waals surface area contributed by atoms with Crippen molar-refractivity contribution in [2.75, 3.05) is 6.61 Å². The van der Waals surface area contributed by atoms with Crippen LogP contribution in [0.15, 0.2) is 24.3 Å². The molecule has 0 spiro atoms. The molecule has 1 fully saturated rings. The van der Waals surface area contributed by atoms with Gasteiger partial charge in [-0.3, -0.25) is 4.79 Å². The Morgan fingerprint density at radius 3 is 2.87 bits per heavy atom. The van der Waals surface area contributed by atoms with Gasteiger partial charge in [0.25, 0.3) is 0 Å². The van der Waals surface area contributed by atoms with Gasteiger partial charge >= 0.3 is 5.97 Å². The maximum absolute atomic E-state index is 11.2. The minimum Gasteiger partial charge on any atom is -0.493 e. The number of rotatable bonds is 7. The van der Waals surface area contributed by atoms with E-state index < -0.39 is 6.10 Å². The van der Waals surface area contributed by atoms with Gasteiger partial charge in [0.1, 0.15) is 11.9 Å². The van der Waals surface area contributed by atoms with Crippen molar-refractivity contribution in [2.45, 2.75) is 64.6 Å². The third-order valence-corrected chi connectivity index (χ3v) is 4.43. The Bertz CT molecular complexity index is 500. The van der Waals surface area contributed by atoms with Crippen LogP contribution in [0.4, 0.5) is 0 Å². The highest BCUT2D eigenvalue weighted by molar-refractivity contribution is 5.66. The zero-order valence-electron chi connectivity index (χ0n) is 14.2. The first-order valence-corrected chi connectivity index (χ1v) is 8.68. The predicted molar refractivity (Wildman–Crippen MR) is 89.3 cm³/mol. The standard InChI is InChI=1S/C19H28O4/c1-3-7-18(21)15-9-6-10-17(12-15)22-13-16-8-4-5-11-19(16)23-14(2)20/h6,9-10,12,16,18-19,21H,3-5,7-8,11,13H2,1-2H3/t16-,18-,19-/m1/s1. The number of hydrogen-bond acceptors (Lipinski definition) is 4. The molecule has 0 unspecified atom stereocenters. The van der Waals surface area contributed by atoms with Gasteiger partial charge in [-0.15, -0.1) is 0 Å². The number of aliphatic hydroxyl groups is 1. The fraction of sp³-hybridized carbons (Fsp3) is 0.632. The average Bonchev–Trinajstić information content (AvgIpc) is 2.54. The van der Waals surface area contributed by atoms with Gasteiger partial charge < -0.3 is 14.6 Å². The fourth-order valence-electron chi connectivity index (χ4n) is 3.19. The fourth-order valence-corrected chi connectivity index (χ4v) is 3.19. The monoisotopic (exact) mass is 320 g/mol. The highest BCUT2D eigenvalue weighted by Gasteiger charge is 2.28. The van der Waals surface area contributed by atoms with Crippen LogP contribution in [0.3, 0.4) is 0 Å². The molecule has 0 bridgehead atoms. The van der Waals surface area contributed by atoms with Crippen LogP contribution in [0.1, 0.15) is 64.0 Å². The lowest BCUT2D eigenvalue weighted by Gasteiger charge is -2.30. The third-order valence-electron chi connectivity index (χ3n) is 4.43. The lowest BCUT2D eigenvalue weighted by molar-refractivity contribution is -0.151. The molecule has 0 radical (unpaired) electrons. The van der Waals surface area contributed by atoms with Gasteiger partial charge in [0.2, 0.25) is 0 Å². The molecule has 4 heteroatoms. The molecular weight excluding hydrogens is 292 g/mol. The van der Waals surface area contributed by atoms with Crippen LogP contribution in [0.25, 0.3) is 0 Å². The lowest BCUT2D eigenvalue weighted by atomic mass is 9.87. The van der Waals surface area contributed by atoms with Crippen molar-refractivity contribution in [3.63, 3.8) is 0 Å². The first-order chi connectivity index (χ1) is 11.1. The van der Waals surface area contributed by atoms with Gasteiger partial charge in [-0.05, 0) is 43.4 Å². The van der Waals surface area contributed by atoms with Crippen molar-refractivity contribution in [3.05, 3.63) is 29.8 Å². The highest BCUT2D eigenvalue weighted by atomic mass is 16.5. The SMILES string of the molecule is CCC[C@@H](O)c1cccc(OC[C@H]2CCCC[C@H]2OC(C)=O)c1. The number of esters is 1. The van der Waals surface area contributed by atoms with Crippen LogP contribution in [0.2, 0.25) is 0 Å². The van der Waals surface area contributed by atoms with E-state index in [9.17, 15) is 9.90 Å². The molecule has 3 atom stereocenters. The Morgan fingerprint density at radius 1 is 1.35 bits per heavy atom. The quantitative estimate of drug-likeness (QED) is 0.771. The maximum Gasteiger partial charge on any atom is 0.302 e. The van der Waals surface area contributed by atoms with Crippen LogP contribution >= 0.6 is 0 Å². The molecule has 23 heavy (non-hydrogen) atoms. The van der Waals surface area contributed by atoms with Gasteiger partial charge in [0.15, 0.2) is 0 Å². The van der Waals surface area contributed by atoms with E-state index in [1.807, 2.05) is 24.3 Å². The molecule has 0 aromatic heterocycles. The predicted octanol–water partition coefficient (Wildman–Crippen LogP) is 4.02. The molecule has 1 aliphatic rings. The lowest BCUT2D eigenvalue weighted by Crippen LogP contribution is -2.33. The highest BCUT2D eigenvalue weighted by Crippen LogP contribution is 2.29. The summed E-state index contributed by atoms with van der Waals surface area (Å²) in [6.07, 6.45) is 5.42. The van der Waals surface area contributed by atoms with Gasteiger partial charge in [0, 0.05) is 12.8 Å². The molecule has 1 aliphatic carbocycles. The summed E-state index contributed by atoms with van der Waals surface area (Å²) in [6, 6.07) is 7.65. The average molecular weight is 320 g/mol. The van der Waals surface area contributed by atoms with Crippen LogP contribution in [-0.4, -0.2) is 23.8 Å². The zero-order valence-corrected chi connectivity index (χ0v) is 14.2. The van der Waals surface area contributed by atoms with Crippen LogP contribution < -0.4 is 4.74 Å². The number of hydrogen-bond donors (Lipinski definition) is 1. The Balaban J connectivity index is 1.93. The summed E-state index contributed by atoms with van der Waals surface area (Å²) in [5.41, 5.74) is 0.893. The molecule has 128 valence electrons. The van der Waals surface area contributed by atoms with E-state index in [-0.39, 0.29) is 18.0 Å². The smallest absolute Gasteiger partial charge is 0.302 e. The van der Waals surface area contributed by atoms with E-state index in [1.165, 1.54) is 6.92 Å². The Hall–Kier alpha value is -1.55. The first-order valence-electron chi connectivity index (χ1n) is 8.68. The Morgan fingerprint density at radius 2 is 2.13 bits per heavy atom. The Kier molecular flexibility index (Phi) is 6.90. The van der Waals surface area contributed by atoms with E-state index in [4.69, 9.17) is 9.47 Å². The molecule has 0 heterocycles.